The number of nitrogens with zero attached hydrogens (tertiary/aromatic N) is 4. The Morgan fingerprint density at radius 3 is 2.89 bits per heavy atom. The summed E-state index contributed by atoms with van der Waals surface area (Å²) in [6.45, 7) is 6.07. The van der Waals surface area contributed by atoms with Crippen LogP contribution in [0.15, 0.2) is 43.1 Å². The van der Waals surface area contributed by atoms with Crippen molar-refractivity contribution in [3.63, 3.8) is 0 Å². The zero-order chi connectivity index (χ0) is 19.4. The zero-order valence-corrected chi connectivity index (χ0v) is 15.5. The highest BCUT2D eigenvalue weighted by Gasteiger charge is 2.42. The molecule has 2 N–H and O–H groups in total. The van der Waals surface area contributed by atoms with E-state index in [1.54, 1.807) is 18.2 Å². The van der Waals surface area contributed by atoms with Crippen molar-refractivity contribution in [3.05, 3.63) is 59.1 Å². The molecule has 1 aromatic carbocycles. The smallest absolute Gasteiger partial charge is 0.119 e. The lowest BCUT2D eigenvalue weighted by atomic mass is 9.73. The number of aliphatic hydroxyl groups excluding tert-OH is 1. The molecule has 7 nitrogen and oxygen atoms in total. The fourth-order valence-corrected chi connectivity index (χ4v) is 4.44. The first kappa shape index (κ1) is 19.2. The molecule has 4 heterocycles. The highest BCUT2D eigenvalue weighted by atomic mass is 16.5. The van der Waals surface area contributed by atoms with Crippen LogP contribution >= 0.6 is 0 Å². The van der Waals surface area contributed by atoms with Crippen LogP contribution in [-0.2, 0) is 0 Å². The zero-order valence-electron chi connectivity index (χ0n) is 15.5. The Kier molecular flexibility index (Phi) is 5.96. The molecule has 27 heavy (non-hydrogen) atoms. The summed E-state index contributed by atoms with van der Waals surface area (Å²) in [5, 5.41) is 12.1. The molecule has 2 aromatic rings. The Morgan fingerprint density at radius 1 is 1.48 bits per heavy atom. The van der Waals surface area contributed by atoms with Crippen molar-refractivity contribution in [1.29, 1.82) is 5.53 Å². The van der Waals surface area contributed by atoms with Gasteiger partial charge < -0.3 is 9.84 Å². The van der Waals surface area contributed by atoms with Gasteiger partial charge in [0.2, 0.25) is 0 Å². The number of aliphatic hydroxyl groups is 1. The lowest BCUT2D eigenvalue weighted by Gasteiger charge is -2.50. The molecule has 1 aromatic heterocycles. The Balaban J connectivity index is 0.000000659. The number of hydrogen-bond donors (Lipinski definition) is 2. The summed E-state index contributed by atoms with van der Waals surface area (Å²) >= 11 is 0. The number of aromatic nitrogens is 1. The van der Waals surface area contributed by atoms with Crippen molar-refractivity contribution < 1.29 is 9.84 Å². The minimum absolute atomic E-state index is 0.178. The van der Waals surface area contributed by atoms with E-state index in [9.17, 15) is 5.11 Å². The molecule has 7 heteroatoms. The maximum atomic E-state index is 11.2. The Bertz CT molecular complexity index is 849. The molecule has 2 bridgehead atoms. The van der Waals surface area contributed by atoms with Crippen LogP contribution in [0.4, 0.5) is 0 Å². The van der Waals surface area contributed by atoms with E-state index in [0.29, 0.717) is 11.8 Å². The lowest BCUT2D eigenvalue weighted by Crippen LogP contribution is -2.54. The molecule has 3 aliphatic heterocycles. The summed E-state index contributed by atoms with van der Waals surface area (Å²) < 4.78 is 5.35. The van der Waals surface area contributed by atoms with E-state index in [0.717, 1.165) is 41.7 Å². The third kappa shape index (κ3) is 3.76. The van der Waals surface area contributed by atoms with Gasteiger partial charge in [-0.05, 0) is 71.5 Å². The van der Waals surface area contributed by atoms with E-state index in [4.69, 9.17) is 15.8 Å². The van der Waals surface area contributed by atoms with Crippen LogP contribution in [0.2, 0.25) is 0 Å². The summed E-state index contributed by atoms with van der Waals surface area (Å²) in [4.78, 5) is 8.61. The third-order valence-corrected chi connectivity index (χ3v) is 5.82. The van der Waals surface area contributed by atoms with Crippen LogP contribution in [0.1, 0.15) is 24.5 Å². The SMILES string of the molecule is C=C[C@@H]1CN2CCC1C[C@@H]2[C@H](O)c1ccnc2ccc(OC)cc12.[N-]=[N+]=N. The molecule has 5 rings (SSSR count). The normalized spacial score (nSPS) is 27.2. The van der Waals surface area contributed by atoms with Gasteiger partial charge in [-0.3, -0.25) is 9.88 Å². The van der Waals surface area contributed by atoms with Crippen LogP contribution in [0.25, 0.3) is 21.3 Å². The van der Waals surface area contributed by atoms with E-state index < -0.39 is 6.10 Å². The predicted octanol–water partition coefficient (Wildman–Crippen LogP) is 4.05. The van der Waals surface area contributed by atoms with Crippen molar-refractivity contribution in [2.24, 2.45) is 11.8 Å². The molecule has 0 spiro atoms. The number of rotatable bonds is 4. The van der Waals surface area contributed by atoms with Crippen LogP contribution in [0.3, 0.4) is 0 Å². The van der Waals surface area contributed by atoms with Gasteiger partial charge in [-0.25, -0.2) is 0 Å². The molecule has 2 unspecified atom stereocenters. The minimum Gasteiger partial charge on any atom is -0.497 e. The monoisotopic (exact) mass is 367 g/mol. The minimum atomic E-state index is -0.504. The van der Waals surface area contributed by atoms with Gasteiger partial charge in [-0.15, -0.1) is 12.1 Å². The first-order chi connectivity index (χ1) is 13.1. The number of hydrogen-bond acceptors (Lipinski definition) is 5. The molecular weight excluding hydrogens is 342 g/mol. The fourth-order valence-electron chi connectivity index (χ4n) is 4.44. The Hall–Kier alpha value is -2.60. The summed E-state index contributed by atoms with van der Waals surface area (Å²) in [5.41, 5.74) is 14.1. The molecule has 3 saturated heterocycles. The van der Waals surface area contributed by atoms with Gasteiger partial charge in [-0.1, -0.05) is 6.08 Å². The number of nitrogens with one attached hydrogen (secondary N) is 1. The highest BCUT2D eigenvalue weighted by molar-refractivity contribution is 5.83. The van der Waals surface area contributed by atoms with Crippen LogP contribution < -0.4 is 4.74 Å². The maximum Gasteiger partial charge on any atom is 0.119 e. The van der Waals surface area contributed by atoms with E-state index in [-0.39, 0.29) is 6.04 Å². The number of pyridine rings is 1. The average molecular weight is 367 g/mol. The average Bonchev–Trinajstić information content (AvgIpc) is 2.73. The van der Waals surface area contributed by atoms with Gasteiger partial charge in [0.1, 0.15) is 5.75 Å². The van der Waals surface area contributed by atoms with E-state index in [2.05, 4.69) is 22.5 Å². The second kappa shape index (κ2) is 8.39. The van der Waals surface area contributed by atoms with Crippen LogP contribution in [-0.4, -0.2) is 41.2 Å². The van der Waals surface area contributed by atoms with Crippen molar-refractivity contribution >= 4 is 10.9 Å². The number of ether oxygens (including phenoxy) is 1. The van der Waals surface area contributed by atoms with Gasteiger partial charge in [0.15, 0.2) is 0 Å². The molecule has 0 aliphatic carbocycles. The predicted molar refractivity (Wildman–Crippen MR) is 104 cm³/mol. The van der Waals surface area contributed by atoms with Crippen molar-refractivity contribution in [2.75, 3.05) is 20.2 Å². The summed E-state index contributed by atoms with van der Waals surface area (Å²) in [5.74, 6) is 2.01. The number of fused-ring (bicyclic) bond motifs is 4. The maximum absolute atomic E-state index is 11.2. The molecule has 142 valence electrons. The fraction of sp³-hybridized carbons (Fsp3) is 0.450. The first-order valence-corrected chi connectivity index (χ1v) is 9.11. The van der Waals surface area contributed by atoms with E-state index in [1.807, 2.05) is 24.3 Å². The summed E-state index contributed by atoms with van der Waals surface area (Å²) in [6, 6.07) is 7.96. The topological polar surface area (TPSA) is 106 Å². The van der Waals surface area contributed by atoms with Crippen LogP contribution in [0.5, 0.6) is 5.75 Å². The molecule has 0 radical (unpaired) electrons. The van der Waals surface area contributed by atoms with Gasteiger partial charge >= 0.3 is 0 Å². The summed E-state index contributed by atoms with van der Waals surface area (Å²) in [7, 11) is 1.66. The molecule has 0 saturated carbocycles. The van der Waals surface area contributed by atoms with Gasteiger partial charge in [-0.2, -0.15) is 0 Å². The summed E-state index contributed by atoms with van der Waals surface area (Å²) in [6.07, 6.45) is 5.62. The quantitative estimate of drug-likeness (QED) is 0.368. The van der Waals surface area contributed by atoms with Crippen molar-refractivity contribution in [2.45, 2.75) is 25.0 Å². The van der Waals surface area contributed by atoms with Gasteiger partial charge in [0.05, 0.1) is 18.7 Å². The van der Waals surface area contributed by atoms with Gasteiger partial charge in [0, 0.05) is 24.2 Å². The molecule has 0 amide bonds. The number of methoxy groups -OCH3 is 1. The Labute approximate surface area is 158 Å². The number of piperidine rings is 3. The van der Waals surface area contributed by atoms with E-state index in [1.165, 1.54) is 6.42 Å². The molecule has 3 fully saturated rings. The van der Waals surface area contributed by atoms with Gasteiger partial charge in [0.25, 0.3) is 0 Å². The van der Waals surface area contributed by atoms with Crippen LogP contribution in [0, 0.1) is 17.4 Å². The van der Waals surface area contributed by atoms with Crippen molar-refractivity contribution in [1.82, 2.24) is 9.88 Å². The third-order valence-electron chi connectivity index (χ3n) is 5.82. The number of benzene rings is 1. The largest absolute Gasteiger partial charge is 0.497 e. The first-order valence-electron chi connectivity index (χ1n) is 9.11. The highest BCUT2D eigenvalue weighted by Crippen LogP contribution is 2.42. The molecular formula is C20H25N5O2. The standard InChI is InChI=1S/C20H24N2O2.HN3/c1-3-13-12-22-9-7-14(13)10-19(22)20(23)16-6-8-21-18-5-4-15(24-2)11-17(16)18;1-3-2/h3-6,8,11,13-14,19-20,23H,1,7,9-10,12H2,2H3;1H/t13-,14?,19-,20-;/m1./s1. The second-order valence-electron chi connectivity index (χ2n) is 7.07. The Morgan fingerprint density at radius 2 is 2.26 bits per heavy atom. The molecule has 3 aliphatic rings. The van der Waals surface area contributed by atoms with Crippen molar-refractivity contribution in [3.8, 4) is 5.75 Å². The van der Waals surface area contributed by atoms with E-state index >= 15 is 0 Å². The molecule has 5 atom stereocenters. The lowest BCUT2D eigenvalue weighted by molar-refractivity contribution is -0.0444. The second-order valence-corrected chi connectivity index (χ2v) is 7.07.